The quantitative estimate of drug-likeness (QED) is 0.716. The average molecular weight is 218 g/mol. The lowest BCUT2D eigenvalue weighted by Crippen LogP contribution is -2.35. The Morgan fingerprint density at radius 1 is 1.25 bits per heavy atom. The van der Waals surface area contributed by atoms with Crippen molar-refractivity contribution in [3.8, 4) is 0 Å². The third-order valence-electron chi connectivity index (χ3n) is 3.01. The zero-order valence-electron chi connectivity index (χ0n) is 10.3. The van der Waals surface area contributed by atoms with Crippen LogP contribution in [0.3, 0.4) is 0 Å². The molecule has 0 radical (unpaired) electrons. The lowest BCUT2D eigenvalue weighted by atomic mass is 9.91. The second-order valence-electron chi connectivity index (χ2n) is 4.38. The zero-order chi connectivity index (χ0) is 11.5. The highest BCUT2D eigenvalue weighted by molar-refractivity contribution is 6.32. The molecule has 0 aromatic heterocycles. The van der Waals surface area contributed by atoms with Crippen molar-refractivity contribution >= 4 is 13.3 Å². The van der Waals surface area contributed by atoms with Crippen molar-refractivity contribution in [3.05, 3.63) is 29.3 Å². The van der Waals surface area contributed by atoms with Crippen molar-refractivity contribution in [3.63, 3.8) is 0 Å². The van der Waals surface area contributed by atoms with Crippen LogP contribution in [0, 0.1) is 0 Å². The van der Waals surface area contributed by atoms with Gasteiger partial charge < -0.3 is 9.47 Å². The normalized spacial score (nSPS) is 24.1. The van der Waals surface area contributed by atoms with Crippen LogP contribution in [-0.2, 0) is 15.9 Å². The summed E-state index contributed by atoms with van der Waals surface area (Å²) < 4.78 is 11.5. The van der Waals surface area contributed by atoms with Crippen LogP contribution in [-0.4, -0.2) is 14.1 Å². The minimum Gasteiger partial charge on any atom is -0.319 e. The summed E-state index contributed by atoms with van der Waals surface area (Å²) >= 11 is 0. The molecule has 86 valence electrons. The Kier molecular flexibility index (Phi) is 3.67. The van der Waals surface area contributed by atoms with E-state index in [1.807, 2.05) is 0 Å². The van der Waals surface area contributed by atoms with Crippen LogP contribution < -0.4 is 5.46 Å². The first-order valence-electron chi connectivity index (χ1n) is 6.15. The maximum Gasteiger partial charge on any atom is 0.190 e. The number of hydrogen-bond acceptors (Lipinski definition) is 2. The van der Waals surface area contributed by atoms with Crippen molar-refractivity contribution in [2.45, 2.75) is 45.7 Å². The van der Waals surface area contributed by atoms with Crippen LogP contribution >= 0.6 is 0 Å². The Balaban J connectivity index is 2.05. The lowest BCUT2D eigenvalue weighted by molar-refractivity contribution is -0.391. The van der Waals surface area contributed by atoms with Gasteiger partial charge in [0.1, 0.15) is 7.85 Å². The third kappa shape index (κ3) is 2.31. The van der Waals surface area contributed by atoms with Crippen molar-refractivity contribution < 1.29 is 9.47 Å². The first-order valence-corrected chi connectivity index (χ1v) is 6.15. The van der Waals surface area contributed by atoms with Gasteiger partial charge in [0.2, 0.25) is 0 Å². The van der Waals surface area contributed by atoms with E-state index in [1.165, 1.54) is 16.6 Å². The van der Waals surface area contributed by atoms with E-state index in [2.05, 4.69) is 39.9 Å². The molecule has 2 nitrogen and oxygen atoms in total. The molecule has 1 aromatic carbocycles. The van der Waals surface area contributed by atoms with E-state index in [0.29, 0.717) is 0 Å². The van der Waals surface area contributed by atoms with Crippen molar-refractivity contribution in [1.82, 2.24) is 0 Å². The predicted molar refractivity (Wildman–Crippen MR) is 67.6 cm³/mol. The molecule has 0 saturated carbocycles. The topological polar surface area (TPSA) is 18.5 Å². The van der Waals surface area contributed by atoms with E-state index < -0.39 is 0 Å². The Morgan fingerprint density at radius 3 is 2.62 bits per heavy atom. The van der Waals surface area contributed by atoms with Gasteiger partial charge in [-0.2, -0.15) is 0 Å². The van der Waals surface area contributed by atoms with E-state index in [1.54, 1.807) is 0 Å². The Bertz CT molecular complexity index is 359. The average Bonchev–Trinajstić information content (AvgIpc) is 2.23. The summed E-state index contributed by atoms with van der Waals surface area (Å²) in [7, 11) is 2.12. The van der Waals surface area contributed by atoms with Gasteiger partial charge in [-0.05, 0) is 18.4 Å². The van der Waals surface area contributed by atoms with Crippen LogP contribution in [0.1, 0.15) is 44.1 Å². The SMILES string of the molecule is Bc1ccc(C2OC(CCC)O2)c(CC)c1. The Morgan fingerprint density at radius 2 is 2.00 bits per heavy atom. The van der Waals surface area contributed by atoms with Crippen LogP contribution in [0.4, 0.5) is 0 Å². The molecule has 0 spiro atoms. The molecule has 0 N–H and O–H groups in total. The highest BCUT2D eigenvalue weighted by Crippen LogP contribution is 2.35. The molecule has 1 aliphatic rings. The van der Waals surface area contributed by atoms with Crippen molar-refractivity contribution in [1.29, 1.82) is 0 Å². The fraction of sp³-hybridized carbons (Fsp3) is 0.538. The minimum atomic E-state index is -0.132. The molecule has 0 unspecified atom stereocenters. The van der Waals surface area contributed by atoms with Gasteiger partial charge in [0.25, 0.3) is 0 Å². The first-order chi connectivity index (χ1) is 7.74. The molecular formula is C13H19BO2. The van der Waals surface area contributed by atoms with Gasteiger partial charge in [0.05, 0.1) is 0 Å². The highest BCUT2D eigenvalue weighted by atomic mass is 16.9. The highest BCUT2D eigenvalue weighted by Gasteiger charge is 2.32. The van der Waals surface area contributed by atoms with E-state index in [0.717, 1.165) is 19.3 Å². The van der Waals surface area contributed by atoms with E-state index in [9.17, 15) is 0 Å². The summed E-state index contributed by atoms with van der Waals surface area (Å²) in [6.45, 7) is 4.31. The summed E-state index contributed by atoms with van der Waals surface area (Å²) in [5, 5.41) is 0. The minimum absolute atomic E-state index is 0.0148. The van der Waals surface area contributed by atoms with Gasteiger partial charge in [-0.25, -0.2) is 0 Å². The van der Waals surface area contributed by atoms with Gasteiger partial charge >= 0.3 is 0 Å². The maximum atomic E-state index is 5.73. The molecule has 1 heterocycles. The van der Waals surface area contributed by atoms with Gasteiger partial charge in [-0.15, -0.1) is 0 Å². The second kappa shape index (κ2) is 5.02. The smallest absolute Gasteiger partial charge is 0.190 e. The number of ether oxygens (including phenoxy) is 2. The molecule has 0 atom stereocenters. The van der Waals surface area contributed by atoms with E-state index >= 15 is 0 Å². The summed E-state index contributed by atoms with van der Waals surface area (Å²) in [5.41, 5.74) is 3.82. The van der Waals surface area contributed by atoms with Gasteiger partial charge in [-0.3, -0.25) is 0 Å². The van der Waals surface area contributed by atoms with Crippen molar-refractivity contribution in [2.75, 3.05) is 0 Å². The Labute approximate surface area is 98.4 Å². The van der Waals surface area contributed by atoms with E-state index in [-0.39, 0.29) is 12.6 Å². The fourth-order valence-corrected chi connectivity index (χ4v) is 2.07. The molecule has 16 heavy (non-hydrogen) atoms. The zero-order valence-corrected chi connectivity index (χ0v) is 10.3. The monoisotopic (exact) mass is 218 g/mol. The maximum absolute atomic E-state index is 5.73. The predicted octanol–water partition coefficient (Wildman–Crippen LogP) is 1.68. The Hall–Kier alpha value is -0.795. The van der Waals surface area contributed by atoms with Gasteiger partial charge in [0, 0.05) is 5.56 Å². The largest absolute Gasteiger partial charge is 0.319 e. The van der Waals surface area contributed by atoms with Gasteiger partial charge in [-0.1, -0.05) is 43.9 Å². The molecule has 1 saturated heterocycles. The standard InChI is InChI=1S/C13H19BO2/c1-3-5-12-15-13(16-12)11-7-6-10(14)8-9(11)4-2/h6-8,12-13H,3-5,14H2,1-2H3. The molecule has 0 aliphatic carbocycles. The summed E-state index contributed by atoms with van der Waals surface area (Å²) in [6, 6.07) is 6.46. The van der Waals surface area contributed by atoms with E-state index in [4.69, 9.17) is 9.47 Å². The number of rotatable bonds is 4. The molecule has 1 aliphatic heterocycles. The molecule has 1 aromatic rings. The third-order valence-corrected chi connectivity index (χ3v) is 3.01. The van der Waals surface area contributed by atoms with Crippen LogP contribution in [0.2, 0.25) is 0 Å². The first kappa shape index (κ1) is 11.7. The molecule has 2 rings (SSSR count). The summed E-state index contributed by atoms with van der Waals surface area (Å²) in [5.74, 6) is 0. The summed E-state index contributed by atoms with van der Waals surface area (Å²) in [4.78, 5) is 0. The molecule has 0 amide bonds. The second-order valence-corrected chi connectivity index (χ2v) is 4.38. The van der Waals surface area contributed by atoms with Crippen molar-refractivity contribution in [2.24, 2.45) is 0 Å². The number of hydrogen-bond donors (Lipinski definition) is 0. The number of benzene rings is 1. The van der Waals surface area contributed by atoms with Crippen LogP contribution in [0.25, 0.3) is 0 Å². The summed E-state index contributed by atoms with van der Waals surface area (Å²) in [6.07, 6.45) is 3.00. The molecule has 0 bridgehead atoms. The molecule has 1 fully saturated rings. The molecule has 3 heteroatoms. The van der Waals surface area contributed by atoms with Gasteiger partial charge in [0.15, 0.2) is 12.6 Å². The fourth-order valence-electron chi connectivity index (χ4n) is 2.07. The number of aryl methyl sites for hydroxylation is 1. The molecular weight excluding hydrogens is 199 g/mol. The van der Waals surface area contributed by atoms with Crippen LogP contribution in [0.5, 0.6) is 0 Å². The lowest BCUT2D eigenvalue weighted by Gasteiger charge is -2.37. The van der Waals surface area contributed by atoms with Crippen LogP contribution in [0.15, 0.2) is 18.2 Å².